The van der Waals surface area contributed by atoms with Crippen molar-refractivity contribution < 1.29 is 22.3 Å². The maximum atomic E-state index is 13.3. The SMILES string of the molecule is COc1cccc(OC)c1-n1c(CS(=O)(=O)[C@H](C)Cc2ncc(F)cn2)nnc1-c1ccccc1. The molecule has 182 valence electrons. The molecule has 0 saturated heterocycles. The maximum absolute atomic E-state index is 13.3. The van der Waals surface area contributed by atoms with Gasteiger partial charge in [0.1, 0.15) is 28.8 Å². The second kappa shape index (κ2) is 10.2. The number of sulfone groups is 1. The van der Waals surface area contributed by atoms with Gasteiger partial charge in [0, 0.05) is 12.0 Å². The monoisotopic (exact) mass is 497 g/mol. The number of halogens is 1. The van der Waals surface area contributed by atoms with Gasteiger partial charge in [-0.15, -0.1) is 10.2 Å². The Balaban J connectivity index is 1.79. The third-order valence-corrected chi connectivity index (χ3v) is 7.53. The van der Waals surface area contributed by atoms with Gasteiger partial charge in [0.15, 0.2) is 27.3 Å². The van der Waals surface area contributed by atoms with E-state index in [1.807, 2.05) is 30.3 Å². The Morgan fingerprint density at radius 1 is 0.943 bits per heavy atom. The first kappa shape index (κ1) is 24.3. The van der Waals surface area contributed by atoms with E-state index in [0.29, 0.717) is 23.0 Å². The number of benzene rings is 2. The number of nitrogens with zero attached hydrogens (tertiary/aromatic N) is 5. The second-order valence-corrected chi connectivity index (χ2v) is 10.2. The molecule has 0 unspecified atom stereocenters. The molecule has 11 heteroatoms. The fraction of sp³-hybridized carbons (Fsp3) is 0.250. The zero-order chi connectivity index (χ0) is 25.0. The Labute approximate surface area is 202 Å². The summed E-state index contributed by atoms with van der Waals surface area (Å²) in [6, 6.07) is 14.6. The molecule has 2 aromatic carbocycles. The summed E-state index contributed by atoms with van der Waals surface area (Å²) in [5.41, 5.74) is 1.23. The topological polar surface area (TPSA) is 109 Å². The Kier molecular flexibility index (Phi) is 7.06. The lowest BCUT2D eigenvalue weighted by Gasteiger charge is -2.18. The molecule has 0 aliphatic heterocycles. The summed E-state index contributed by atoms with van der Waals surface area (Å²) >= 11 is 0. The van der Waals surface area contributed by atoms with E-state index < -0.39 is 26.7 Å². The largest absolute Gasteiger partial charge is 0.494 e. The number of hydrogen-bond donors (Lipinski definition) is 0. The van der Waals surface area contributed by atoms with Crippen LogP contribution in [-0.2, 0) is 22.0 Å². The summed E-state index contributed by atoms with van der Waals surface area (Å²) in [4.78, 5) is 7.75. The van der Waals surface area contributed by atoms with E-state index in [-0.39, 0.29) is 18.1 Å². The molecule has 35 heavy (non-hydrogen) atoms. The normalized spacial score (nSPS) is 12.3. The van der Waals surface area contributed by atoms with Crippen LogP contribution in [0.3, 0.4) is 0 Å². The highest BCUT2D eigenvalue weighted by Crippen LogP contribution is 2.36. The van der Waals surface area contributed by atoms with Gasteiger partial charge in [-0.1, -0.05) is 36.4 Å². The lowest BCUT2D eigenvalue weighted by molar-refractivity contribution is 0.391. The van der Waals surface area contributed by atoms with E-state index in [1.165, 1.54) is 14.2 Å². The fourth-order valence-corrected chi connectivity index (χ4v) is 4.86. The molecular formula is C24H24FN5O4S. The molecule has 0 bridgehead atoms. The third-order valence-electron chi connectivity index (χ3n) is 5.47. The predicted molar refractivity (Wildman–Crippen MR) is 128 cm³/mol. The summed E-state index contributed by atoms with van der Waals surface area (Å²) in [7, 11) is -0.699. The molecular weight excluding hydrogens is 473 g/mol. The van der Waals surface area contributed by atoms with Crippen molar-refractivity contribution in [3.8, 4) is 28.6 Å². The third kappa shape index (κ3) is 5.14. The highest BCUT2D eigenvalue weighted by Gasteiger charge is 2.29. The molecule has 9 nitrogen and oxygen atoms in total. The van der Waals surface area contributed by atoms with Crippen LogP contribution in [0.1, 0.15) is 18.6 Å². The van der Waals surface area contributed by atoms with Gasteiger partial charge in [0.25, 0.3) is 0 Å². The highest BCUT2D eigenvalue weighted by atomic mass is 32.2. The number of para-hydroxylation sites is 1. The summed E-state index contributed by atoms with van der Waals surface area (Å²) in [5.74, 6) is 0.806. The number of methoxy groups -OCH3 is 2. The summed E-state index contributed by atoms with van der Waals surface area (Å²) in [5, 5.41) is 7.72. The molecule has 0 fully saturated rings. The van der Waals surface area contributed by atoms with Crippen LogP contribution in [0.4, 0.5) is 4.39 Å². The van der Waals surface area contributed by atoms with Crippen LogP contribution in [0.5, 0.6) is 11.5 Å². The first-order valence-electron chi connectivity index (χ1n) is 10.7. The van der Waals surface area contributed by atoms with Crippen molar-refractivity contribution in [2.24, 2.45) is 0 Å². The van der Waals surface area contributed by atoms with Crippen LogP contribution < -0.4 is 9.47 Å². The number of hydrogen-bond acceptors (Lipinski definition) is 8. The molecule has 0 radical (unpaired) electrons. The van der Waals surface area contributed by atoms with Gasteiger partial charge in [0.2, 0.25) is 0 Å². The molecule has 4 aromatic rings. The van der Waals surface area contributed by atoms with Crippen molar-refractivity contribution in [2.75, 3.05) is 14.2 Å². The Bertz CT molecular complexity index is 1390. The maximum Gasteiger partial charge on any atom is 0.168 e. The Morgan fingerprint density at radius 3 is 2.17 bits per heavy atom. The number of ether oxygens (including phenoxy) is 2. The zero-order valence-corrected chi connectivity index (χ0v) is 20.2. The van der Waals surface area contributed by atoms with Crippen LogP contribution in [0.15, 0.2) is 60.9 Å². The van der Waals surface area contributed by atoms with Crippen LogP contribution in [-0.4, -0.2) is 52.6 Å². The summed E-state index contributed by atoms with van der Waals surface area (Å²) < 4.78 is 52.6. The molecule has 2 heterocycles. The van der Waals surface area contributed by atoms with E-state index >= 15 is 0 Å². The van der Waals surface area contributed by atoms with Crippen molar-refractivity contribution in [1.29, 1.82) is 0 Å². The first-order valence-corrected chi connectivity index (χ1v) is 12.4. The van der Waals surface area contributed by atoms with Gasteiger partial charge in [0.05, 0.1) is 31.9 Å². The van der Waals surface area contributed by atoms with E-state index in [9.17, 15) is 12.8 Å². The molecule has 4 rings (SSSR count). The minimum atomic E-state index is -3.74. The Hall–Kier alpha value is -3.86. The van der Waals surface area contributed by atoms with Crippen LogP contribution >= 0.6 is 0 Å². The highest BCUT2D eigenvalue weighted by molar-refractivity contribution is 7.91. The minimum Gasteiger partial charge on any atom is -0.494 e. The van der Waals surface area contributed by atoms with Gasteiger partial charge >= 0.3 is 0 Å². The van der Waals surface area contributed by atoms with E-state index in [2.05, 4.69) is 20.2 Å². The van der Waals surface area contributed by atoms with Crippen molar-refractivity contribution in [2.45, 2.75) is 24.3 Å². The smallest absolute Gasteiger partial charge is 0.168 e. The molecule has 0 amide bonds. The number of rotatable bonds is 9. The lowest BCUT2D eigenvalue weighted by Crippen LogP contribution is -2.24. The molecule has 0 aliphatic rings. The Morgan fingerprint density at radius 2 is 1.57 bits per heavy atom. The average Bonchev–Trinajstić information content (AvgIpc) is 3.27. The van der Waals surface area contributed by atoms with E-state index in [0.717, 1.165) is 18.0 Å². The van der Waals surface area contributed by atoms with Crippen molar-refractivity contribution in [1.82, 2.24) is 24.7 Å². The fourth-order valence-electron chi connectivity index (χ4n) is 3.62. The van der Waals surface area contributed by atoms with E-state index in [4.69, 9.17) is 9.47 Å². The van der Waals surface area contributed by atoms with Gasteiger partial charge in [-0.3, -0.25) is 4.57 Å². The number of aromatic nitrogens is 5. The molecule has 1 atom stereocenters. The zero-order valence-electron chi connectivity index (χ0n) is 19.4. The molecule has 0 aliphatic carbocycles. The van der Waals surface area contributed by atoms with Gasteiger partial charge < -0.3 is 9.47 Å². The molecule has 0 spiro atoms. The second-order valence-electron chi connectivity index (χ2n) is 7.79. The predicted octanol–water partition coefficient (Wildman–Crippen LogP) is 3.43. The minimum absolute atomic E-state index is 0.0280. The molecule has 0 N–H and O–H groups in total. The average molecular weight is 498 g/mol. The van der Waals surface area contributed by atoms with Gasteiger partial charge in [-0.2, -0.15) is 0 Å². The van der Waals surface area contributed by atoms with Crippen LogP contribution in [0.25, 0.3) is 17.1 Å². The lowest BCUT2D eigenvalue weighted by atomic mass is 10.2. The van der Waals surface area contributed by atoms with Crippen molar-refractivity contribution in [3.63, 3.8) is 0 Å². The quantitative estimate of drug-likeness (QED) is 0.346. The summed E-state index contributed by atoms with van der Waals surface area (Å²) in [6.45, 7) is 1.56. The van der Waals surface area contributed by atoms with Crippen molar-refractivity contribution >= 4 is 9.84 Å². The van der Waals surface area contributed by atoms with Crippen molar-refractivity contribution in [3.05, 3.63) is 78.4 Å². The van der Waals surface area contributed by atoms with Gasteiger partial charge in [-0.05, 0) is 19.1 Å². The van der Waals surface area contributed by atoms with Gasteiger partial charge in [-0.25, -0.2) is 22.8 Å². The molecule has 2 aromatic heterocycles. The standard InChI is InChI=1S/C24H24FN5O4S/c1-16(12-21-26-13-18(25)14-27-21)35(31,32)15-22-28-29-24(17-8-5-4-6-9-17)30(22)23-19(33-2)10-7-11-20(23)34-3/h4-11,13-14,16H,12,15H2,1-3H3/t16-/m1/s1. The van der Waals surface area contributed by atoms with Crippen LogP contribution in [0, 0.1) is 5.82 Å². The summed E-state index contributed by atoms with van der Waals surface area (Å²) in [6.07, 6.45) is 2.05. The molecule has 0 saturated carbocycles. The first-order chi connectivity index (χ1) is 16.8. The van der Waals surface area contributed by atoms with Crippen LogP contribution in [0.2, 0.25) is 0 Å². The van der Waals surface area contributed by atoms with E-state index in [1.54, 1.807) is 29.7 Å².